The highest BCUT2D eigenvalue weighted by Gasteiger charge is 2.26. The highest BCUT2D eigenvalue weighted by atomic mass is 16.5. The molecule has 0 bridgehead atoms. The molecule has 7 heteroatoms. The number of hydrogen-bond acceptors (Lipinski definition) is 5. The van der Waals surface area contributed by atoms with Gasteiger partial charge in [-0.2, -0.15) is 0 Å². The first-order valence-electron chi connectivity index (χ1n) is 9.27. The van der Waals surface area contributed by atoms with Crippen molar-refractivity contribution >= 4 is 5.91 Å². The van der Waals surface area contributed by atoms with E-state index >= 15 is 0 Å². The molecule has 1 aliphatic heterocycles. The van der Waals surface area contributed by atoms with Gasteiger partial charge in [0.2, 0.25) is 0 Å². The summed E-state index contributed by atoms with van der Waals surface area (Å²) in [7, 11) is 0. The van der Waals surface area contributed by atoms with Crippen molar-refractivity contribution in [3.63, 3.8) is 0 Å². The van der Waals surface area contributed by atoms with Crippen LogP contribution in [0.2, 0.25) is 0 Å². The molecule has 4 rings (SSSR count). The molecule has 0 unspecified atom stereocenters. The Morgan fingerprint density at radius 3 is 2.73 bits per heavy atom. The maximum atomic E-state index is 12.4. The number of likely N-dealkylation sites (tertiary alicyclic amines) is 1. The number of nitrogens with one attached hydrogen (secondary N) is 1. The van der Waals surface area contributed by atoms with Gasteiger partial charge in [0, 0.05) is 19.0 Å². The monoisotopic (exact) mass is 357 g/mol. The lowest BCUT2D eigenvalue weighted by atomic mass is 9.92. The first kappa shape index (κ1) is 16.9. The molecule has 138 valence electrons. The first-order chi connectivity index (χ1) is 12.7. The number of benzene rings is 1. The Kier molecular flexibility index (Phi) is 4.77. The summed E-state index contributed by atoms with van der Waals surface area (Å²) in [6.45, 7) is 1.32. The molecule has 1 amide bonds. The number of hydrogen-bond donors (Lipinski definition) is 1. The molecule has 1 aliphatic carbocycles. The van der Waals surface area contributed by atoms with Gasteiger partial charge in [-0.05, 0) is 61.8 Å². The zero-order valence-corrected chi connectivity index (χ0v) is 14.7. The lowest BCUT2D eigenvalue weighted by molar-refractivity contribution is -0.134. The minimum atomic E-state index is -0.531. The van der Waals surface area contributed by atoms with Crippen LogP contribution in [0, 0.1) is 0 Å². The van der Waals surface area contributed by atoms with Crippen LogP contribution in [-0.4, -0.2) is 40.6 Å². The molecule has 1 N–H and O–H groups in total. The molecular weight excluding hydrogens is 334 g/mol. The Hall–Kier alpha value is -2.57. The number of amides is 1. The van der Waals surface area contributed by atoms with Crippen molar-refractivity contribution in [2.24, 2.45) is 0 Å². The van der Waals surface area contributed by atoms with E-state index in [2.05, 4.69) is 26.8 Å². The van der Waals surface area contributed by atoms with Gasteiger partial charge in [-0.3, -0.25) is 14.3 Å². The summed E-state index contributed by atoms with van der Waals surface area (Å²) >= 11 is 0. The maximum Gasteiger partial charge on any atom is 0.438 e. The Balaban J connectivity index is 1.28. The van der Waals surface area contributed by atoms with E-state index in [4.69, 9.17) is 4.74 Å². The first-order valence-corrected chi connectivity index (χ1v) is 9.27. The smallest absolute Gasteiger partial charge is 0.438 e. The highest BCUT2D eigenvalue weighted by molar-refractivity contribution is 5.77. The van der Waals surface area contributed by atoms with Crippen LogP contribution in [0.4, 0.5) is 0 Å². The summed E-state index contributed by atoms with van der Waals surface area (Å²) in [4.78, 5) is 27.9. The van der Waals surface area contributed by atoms with E-state index in [1.54, 1.807) is 0 Å². The number of ether oxygens (including phenoxy) is 1. The minimum absolute atomic E-state index is 0.00480. The average Bonchev–Trinajstić information content (AvgIpc) is 3.12. The van der Waals surface area contributed by atoms with Gasteiger partial charge in [0.1, 0.15) is 5.75 Å². The summed E-state index contributed by atoms with van der Waals surface area (Å²) in [6, 6.07) is 6.16. The molecule has 1 saturated heterocycles. The van der Waals surface area contributed by atoms with Crippen molar-refractivity contribution in [1.29, 1.82) is 0 Å². The molecule has 0 atom stereocenters. The Morgan fingerprint density at radius 2 is 2.00 bits per heavy atom. The van der Waals surface area contributed by atoms with E-state index in [0.717, 1.165) is 31.4 Å². The molecule has 0 radical (unpaired) electrons. The van der Waals surface area contributed by atoms with Crippen LogP contribution in [0.1, 0.15) is 48.6 Å². The van der Waals surface area contributed by atoms with Crippen LogP contribution < -0.4 is 10.5 Å². The second-order valence-electron chi connectivity index (χ2n) is 7.06. The van der Waals surface area contributed by atoms with Crippen LogP contribution in [0.15, 0.2) is 27.5 Å². The zero-order chi connectivity index (χ0) is 17.9. The fraction of sp³-hybridized carbons (Fsp3) is 0.526. The summed E-state index contributed by atoms with van der Waals surface area (Å²) in [5, 5.41) is 3.75. The molecule has 2 heterocycles. The van der Waals surface area contributed by atoms with E-state index in [1.807, 2.05) is 11.0 Å². The van der Waals surface area contributed by atoms with Gasteiger partial charge < -0.3 is 9.64 Å². The third kappa shape index (κ3) is 3.66. The predicted molar refractivity (Wildman–Crippen MR) is 94.3 cm³/mol. The molecule has 7 nitrogen and oxygen atoms in total. The van der Waals surface area contributed by atoms with Gasteiger partial charge >= 0.3 is 5.76 Å². The van der Waals surface area contributed by atoms with Gasteiger partial charge in [0.25, 0.3) is 5.91 Å². The summed E-state index contributed by atoms with van der Waals surface area (Å²) < 4.78 is 10.3. The van der Waals surface area contributed by atoms with E-state index < -0.39 is 5.76 Å². The largest absolute Gasteiger partial charge is 0.484 e. The van der Waals surface area contributed by atoms with Crippen LogP contribution >= 0.6 is 0 Å². The molecule has 1 fully saturated rings. The molecule has 1 aromatic carbocycles. The SMILES string of the molecule is O=C(COc1ccc2c(c1)CCCC2)N1CCC(c2noc(=O)[nH]2)CC1. The molecule has 1 aromatic heterocycles. The van der Waals surface area contributed by atoms with Gasteiger partial charge in [-0.1, -0.05) is 11.2 Å². The lowest BCUT2D eigenvalue weighted by Gasteiger charge is -2.30. The number of carbonyl (C=O) groups excluding carboxylic acids is 1. The average molecular weight is 357 g/mol. The topological polar surface area (TPSA) is 88.4 Å². The second kappa shape index (κ2) is 7.35. The van der Waals surface area contributed by atoms with E-state index in [1.165, 1.54) is 24.0 Å². The Bertz CT molecular complexity index is 833. The number of nitrogens with zero attached hydrogens (tertiary/aromatic N) is 2. The number of carbonyl (C=O) groups is 1. The van der Waals surface area contributed by atoms with Crippen molar-refractivity contribution in [2.75, 3.05) is 19.7 Å². The molecule has 2 aromatic rings. The van der Waals surface area contributed by atoms with Crippen LogP contribution in [-0.2, 0) is 17.6 Å². The number of H-pyrrole nitrogens is 1. The van der Waals surface area contributed by atoms with E-state index in [-0.39, 0.29) is 18.4 Å². The molecule has 0 saturated carbocycles. The standard InChI is InChI=1S/C19H23N3O4/c23-17(12-25-16-6-5-13-3-1-2-4-15(13)11-16)22-9-7-14(8-10-22)18-20-19(24)26-21-18/h5-6,11,14H,1-4,7-10,12H2,(H,20,21,24). The number of aromatic nitrogens is 2. The molecule has 2 aliphatic rings. The third-order valence-corrected chi connectivity index (χ3v) is 5.37. The third-order valence-electron chi connectivity index (χ3n) is 5.37. The van der Waals surface area contributed by atoms with E-state index in [9.17, 15) is 9.59 Å². The summed E-state index contributed by atoms with van der Waals surface area (Å²) in [6.07, 6.45) is 6.23. The summed E-state index contributed by atoms with van der Waals surface area (Å²) in [5.74, 6) is 0.945. The quantitative estimate of drug-likeness (QED) is 0.904. The number of aryl methyl sites for hydroxylation is 2. The van der Waals surface area contributed by atoms with Crippen molar-refractivity contribution in [1.82, 2.24) is 15.0 Å². The van der Waals surface area contributed by atoms with Crippen molar-refractivity contribution in [2.45, 2.75) is 44.4 Å². The molecule has 26 heavy (non-hydrogen) atoms. The van der Waals surface area contributed by atoms with Crippen LogP contribution in [0.25, 0.3) is 0 Å². The van der Waals surface area contributed by atoms with Gasteiger partial charge in [0.15, 0.2) is 12.4 Å². The normalized spacial score (nSPS) is 17.8. The Labute approximate surface area is 151 Å². The second-order valence-corrected chi connectivity index (χ2v) is 7.06. The van der Waals surface area contributed by atoms with Gasteiger partial charge in [-0.25, -0.2) is 4.79 Å². The number of fused-ring (bicyclic) bond motifs is 1. The van der Waals surface area contributed by atoms with Gasteiger partial charge in [0.05, 0.1) is 0 Å². The van der Waals surface area contributed by atoms with Crippen molar-refractivity contribution in [3.05, 3.63) is 45.7 Å². The lowest BCUT2D eigenvalue weighted by Crippen LogP contribution is -2.40. The van der Waals surface area contributed by atoms with Crippen molar-refractivity contribution in [3.8, 4) is 5.75 Å². The summed E-state index contributed by atoms with van der Waals surface area (Å²) in [5.41, 5.74) is 2.76. The maximum absolute atomic E-state index is 12.4. The predicted octanol–water partition coefficient (Wildman–Crippen LogP) is 2.03. The van der Waals surface area contributed by atoms with Crippen LogP contribution in [0.3, 0.4) is 0 Å². The molecule has 0 spiro atoms. The highest BCUT2D eigenvalue weighted by Crippen LogP contribution is 2.26. The fourth-order valence-corrected chi connectivity index (χ4v) is 3.86. The van der Waals surface area contributed by atoms with E-state index in [0.29, 0.717) is 18.9 Å². The number of piperidine rings is 1. The van der Waals surface area contributed by atoms with Crippen molar-refractivity contribution < 1.29 is 14.1 Å². The molecular formula is C19H23N3O4. The zero-order valence-electron chi connectivity index (χ0n) is 14.7. The minimum Gasteiger partial charge on any atom is -0.484 e. The number of aromatic amines is 1. The Morgan fingerprint density at radius 1 is 1.23 bits per heavy atom. The number of rotatable bonds is 4. The van der Waals surface area contributed by atoms with Gasteiger partial charge in [-0.15, -0.1) is 0 Å². The van der Waals surface area contributed by atoms with Crippen LogP contribution in [0.5, 0.6) is 5.75 Å². The fourth-order valence-electron chi connectivity index (χ4n) is 3.86.